The first-order valence-corrected chi connectivity index (χ1v) is 6.45. The van der Waals surface area contributed by atoms with Gasteiger partial charge in [0.25, 0.3) is 0 Å². The van der Waals surface area contributed by atoms with E-state index < -0.39 is 0 Å². The number of ether oxygens (including phenoxy) is 1. The first-order valence-electron chi connectivity index (χ1n) is 6.45. The van der Waals surface area contributed by atoms with Gasteiger partial charge in [-0.2, -0.15) is 0 Å². The van der Waals surface area contributed by atoms with Crippen LogP contribution in [0.1, 0.15) is 51.4 Å². The molecule has 0 radical (unpaired) electrons. The minimum atomic E-state index is 0.284. The van der Waals surface area contributed by atoms with Gasteiger partial charge in [0.1, 0.15) is 0 Å². The molecule has 0 bridgehead atoms. The summed E-state index contributed by atoms with van der Waals surface area (Å²) in [5.74, 6) is 0. The van der Waals surface area contributed by atoms with Crippen LogP contribution in [0.3, 0.4) is 0 Å². The second kappa shape index (κ2) is 3.58. The second-order valence-electron chi connectivity index (χ2n) is 5.72. The Morgan fingerprint density at radius 1 is 1.00 bits per heavy atom. The number of hydrogen-bond acceptors (Lipinski definition) is 2. The van der Waals surface area contributed by atoms with Crippen LogP contribution in [0.2, 0.25) is 0 Å². The van der Waals surface area contributed by atoms with Gasteiger partial charge >= 0.3 is 0 Å². The number of nitrogens with zero attached hydrogens (tertiary/aromatic N) is 1. The van der Waals surface area contributed by atoms with Crippen molar-refractivity contribution in [2.75, 3.05) is 13.2 Å². The van der Waals surface area contributed by atoms with Gasteiger partial charge in [-0.05, 0) is 63.0 Å². The quantitative estimate of drug-likeness (QED) is 0.598. The van der Waals surface area contributed by atoms with Gasteiger partial charge in [0.2, 0.25) is 0 Å². The Hall–Kier alpha value is -0.370. The summed E-state index contributed by atoms with van der Waals surface area (Å²) in [7, 11) is 0. The Morgan fingerprint density at radius 2 is 1.87 bits per heavy atom. The molecule has 2 heterocycles. The second-order valence-corrected chi connectivity index (χ2v) is 5.72. The van der Waals surface area contributed by atoms with Crippen molar-refractivity contribution in [1.29, 1.82) is 0 Å². The predicted molar refractivity (Wildman–Crippen MR) is 61.4 cm³/mol. The third-order valence-electron chi connectivity index (χ3n) is 4.74. The Balaban J connectivity index is 1.64. The summed E-state index contributed by atoms with van der Waals surface area (Å²) in [6.45, 7) is 2.09. The molecule has 2 nitrogen and oxygen atoms in total. The fraction of sp³-hybridized carbons (Fsp3) is 0.923. The van der Waals surface area contributed by atoms with Crippen molar-refractivity contribution in [3.63, 3.8) is 0 Å². The molecule has 0 N–H and O–H groups in total. The van der Waals surface area contributed by atoms with Crippen molar-refractivity contribution >= 4 is 6.21 Å². The molecule has 0 aromatic rings. The molecule has 0 aromatic heterocycles. The van der Waals surface area contributed by atoms with E-state index in [2.05, 4.69) is 11.2 Å². The summed E-state index contributed by atoms with van der Waals surface area (Å²) >= 11 is 0. The molecule has 84 valence electrons. The summed E-state index contributed by atoms with van der Waals surface area (Å²) in [6, 6.07) is 0. The first kappa shape index (κ1) is 9.83. The van der Waals surface area contributed by atoms with Crippen LogP contribution in [-0.4, -0.2) is 25.0 Å². The van der Waals surface area contributed by atoms with Gasteiger partial charge in [-0.1, -0.05) is 0 Å². The molecule has 2 spiro atoms. The van der Waals surface area contributed by atoms with E-state index in [0.717, 1.165) is 13.2 Å². The minimum absolute atomic E-state index is 0.284. The van der Waals surface area contributed by atoms with Crippen molar-refractivity contribution in [2.45, 2.75) is 57.0 Å². The molecule has 0 aromatic carbocycles. The van der Waals surface area contributed by atoms with Crippen LogP contribution in [-0.2, 0) is 4.74 Å². The molecule has 1 saturated heterocycles. The Bertz CT molecular complexity index is 246. The van der Waals surface area contributed by atoms with Crippen molar-refractivity contribution in [1.82, 2.24) is 0 Å². The lowest BCUT2D eigenvalue weighted by Crippen LogP contribution is -2.43. The normalized spacial score (nSPS) is 45.3. The van der Waals surface area contributed by atoms with Crippen molar-refractivity contribution in [3.8, 4) is 0 Å². The molecule has 15 heavy (non-hydrogen) atoms. The molecule has 2 heteroatoms. The average molecular weight is 207 g/mol. The molecule has 2 fully saturated rings. The maximum atomic E-state index is 6.07. The highest BCUT2D eigenvalue weighted by Gasteiger charge is 2.44. The van der Waals surface area contributed by atoms with Gasteiger partial charge in [0.05, 0.1) is 5.60 Å². The SMILES string of the molecule is C1=NCC2(C1)CCC1(CCCCO1)CC2. The zero-order valence-electron chi connectivity index (χ0n) is 9.50. The van der Waals surface area contributed by atoms with Crippen LogP contribution in [0.25, 0.3) is 0 Å². The molecule has 1 aliphatic carbocycles. The fourth-order valence-electron chi connectivity index (χ4n) is 3.48. The zero-order chi connectivity index (χ0) is 10.2. The molecule has 1 saturated carbocycles. The Kier molecular flexibility index (Phi) is 2.35. The lowest BCUT2D eigenvalue weighted by Gasteiger charge is -2.46. The van der Waals surface area contributed by atoms with E-state index >= 15 is 0 Å². The maximum absolute atomic E-state index is 6.07. The highest BCUT2D eigenvalue weighted by Crippen LogP contribution is 2.48. The molecular formula is C13H21NO. The molecule has 0 atom stereocenters. The van der Waals surface area contributed by atoms with E-state index in [4.69, 9.17) is 4.74 Å². The minimum Gasteiger partial charge on any atom is -0.375 e. The van der Waals surface area contributed by atoms with Gasteiger partial charge in [0.15, 0.2) is 0 Å². The smallest absolute Gasteiger partial charge is 0.0683 e. The summed E-state index contributed by atoms with van der Waals surface area (Å²) < 4.78 is 6.07. The molecular weight excluding hydrogens is 186 g/mol. The molecule has 0 unspecified atom stereocenters. The summed E-state index contributed by atoms with van der Waals surface area (Å²) in [4.78, 5) is 4.43. The summed E-state index contributed by atoms with van der Waals surface area (Å²) in [5.41, 5.74) is 0.831. The van der Waals surface area contributed by atoms with Crippen LogP contribution < -0.4 is 0 Å². The third kappa shape index (κ3) is 1.73. The van der Waals surface area contributed by atoms with E-state index in [1.54, 1.807) is 0 Å². The van der Waals surface area contributed by atoms with Crippen LogP contribution in [0.5, 0.6) is 0 Å². The van der Waals surface area contributed by atoms with Gasteiger partial charge in [-0.25, -0.2) is 0 Å². The average Bonchev–Trinajstić information content (AvgIpc) is 2.74. The molecule has 0 amide bonds. The van der Waals surface area contributed by atoms with Gasteiger partial charge in [-0.3, -0.25) is 4.99 Å². The van der Waals surface area contributed by atoms with Gasteiger partial charge in [-0.15, -0.1) is 0 Å². The van der Waals surface area contributed by atoms with E-state index in [-0.39, 0.29) is 5.60 Å². The van der Waals surface area contributed by atoms with Crippen molar-refractivity contribution < 1.29 is 4.74 Å². The molecule has 3 aliphatic rings. The summed E-state index contributed by atoms with van der Waals surface area (Å²) in [5, 5.41) is 0. The van der Waals surface area contributed by atoms with Crippen molar-refractivity contribution in [3.05, 3.63) is 0 Å². The van der Waals surface area contributed by atoms with E-state index in [1.807, 2.05) is 0 Å². The monoisotopic (exact) mass is 207 g/mol. The lowest BCUT2D eigenvalue weighted by atomic mass is 9.66. The number of aliphatic imine (C=N–C) groups is 1. The van der Waals surface area contributed by atoms with Gasteiger partial charge < -0.3 is 4.74 Å². The maximum Gasteiger partial charge on any atom is 0.0683 e. The van der Waals surface area contributed by atoms with E-state index in [0.29, 0.717) is 5.41 Å². The number of rotatable bonds is 0. The third-order valence-corrected chi connectivity index (χ3v) is 4.74. The van der Waals surface area contributed by atoms with Gasteiger partial charge in [0, 0.05) is 13.2 Å². The largest absolute Gasteiger partial charge is 0.375 e. The lowest BCUT2D eigenvalue weighted by molar-refractivity contribution is -0.115. The van der Waals surface area contributed by atoms with Crippen molar-refractivity contribution in [2.24, 2.45) is 10.4 Å². The Morgan fingerprint density at radius 3 is 2.47 bits per heavy atom. The van der Waals surface area contributed by atoms with Crippen LogP contribution in [0, 0.1) is 5.41 Å². The van der Waals surface area contributed by atoms with E-state index in [1.165, 1.54) is 51.4 Å². The topological polar surface area (TPSA) is 21.6 Å². The van der Waals surface area contributed by atoms with Crippen LogP contribution >= 0.6 is 0 Å². The molecule has 3 rings (SSSR count). The zero-order valence-corrected chi connectivity index (χ0v) is 9.50. The Labute approximate surface area is 92.1 Å². The number of hydrogen-bond donors (Lipinski definition) is 0. The highest BCUT2D eigenvalue weighted by atomic mass is 16.5. The van der Waals surface area contributed by atoms with Crippen LogP contribution in [0.4, 0.5) is 0 Å². The van der Waals surface area contributed by atoms with Crippen LogP contribution in [0.15, 0.2) is 4.99 Å². The highest BCUT2D eigenvalue weighted by molar-refractivity contribution is 5.61. The predicted octanol–water partition coefficient (Wildman–Crippen LogP) is 2.96. The summed E-state index contributed by atoms with van der Waals surface area (Å²) in [6.07, 6.45) is 12.6. The first-order chi connectivity index (χ1) is 7.33. The van der Waals surface area contributed by atoms with E-state index in [9.17, 15) is 0 Å². The fourth-order valence-corrected chi connectivity index (χ4v) is 3.48. The standard InChI is InChI=1S/C13H21NO/c1-2-10-15-13(3-1)6-4-12(5-7-13)8-9-14-11-12/h9H,1-8,10-11H2. The molecule has 2 aliphatic heterocycles.